The van der Waals surface area contributed by atoms with Crippen molar-refractivity contribution in [2.45, 2.75) is 65.2 Å². The van der Waals surface area contributed by atoms with Gasteiger partial charge >= 0.3 is 0 Å². The number of nitrogens with two attached hydrogens (primary N) is 1. The second-order valence-corrected chi connectivity index (χ2v) is 8.97. The van der Waals surface area contributed by atoms with E-state index in [1.807, 2.05) is 0 Å². The number of hydrogen-bond acceptors (Lipinski definition) is 2. The lowest BCUT2D eigenvalue weighted by molar-refractivity contribution is 0.333. The molecule has 3 nitrogen and oxygen atoms in total. The average molecular weight is 376 g/mol. The van der Waals surface area contributed by atoms with Gasteiger partial charge in [-0.15, -0.1) is 0 Å². The Morgan fingerprint density at radius 3 is 2.32 bits per heavy atom. The monoisotopic (exact) mass is 375 g/mol. The van der Waals surface area contributed by atoms with Crippen molar-refractivity contribution in [1.82, 2.24) is 9.97 Å². The van der Waals surface area contributed by atoms with Crippen molar-refractivity contribution in [3.63, 3.8) is 0 Å². The van der Waals surface area contributed by atoms with Gasteiger partial charge in [-0.25, -0.2) is 0 Å². The average Bonchev–Trinajstić information content (AvgIpc) is 3.06. The number of fused-ring (bicyclic) bond motifs is 1. The highest BCUT2D eigenvalue weighted by Gasteiger charge is 2.23. The van der Waals surface area contributed by atoms with Crippen molar-refractivity contribution in [2.75, 3.05) is 6.54 Å². The van der Waals surface area contributed by atoms with Crippen LogP contribution in [0.25, 0.3) is 22.2 Å². The molecule has 0 unspecified atom stereocenters. The summed E-state index contributed by atoms with van der Waals surface area (Å²) >= 11 is 0. The van der Waals surface area contributed by atoms with E-state index in [2.05, 4.69) is 68.0 Å². The highest BCUT2D eigenvalue weighted by atomic mass is 14.7. The summed E-state index contributed by atoms with van der Waals surface area (Å²) in [5.74, 6) is 1.86. The number of aromatic amines is 1. The minimum Gasteiger partial charge on any atom is -0.354 e. The third kappa shape index (κ3) is 3.60. The normalized spacial score (nSPS) is 20.2. The molecule has 1 fully saturated rings. The van der Waals surface area contributed by atoms with Crippen LogP contribution in [0.3, 0.4) is 0 Å². The van der Waals surface area contributed by atoms with Crippen molar-refractivity contribution in [2.24, 2.45) is 11.7 Å². The topological polar surface area (TPSA) is 54.7 Å². The van der Waals surface area contributed by atoms with Gasteiger partial charge in [-0.1, -0.05) is 19.9 Å². The molecule has 0 atom stereocenters. The van der Waals surface area contributed by atoms with Gasteiger partial charge in [0.15, 0.2) is 0 Å². The van der Waals surface area contributed by atoms with E-state index in [4.69, 9.17) is 5.73 Å². The predicted octanol–water partition coefficient (Wildman–Crippen LogP) is 6.20. The molecule has 4 rings (SSSR count). The summed E-state index contributed by atoms with van der Waals surface area (Å²) in [7, 11) is 0. The maximum absolute atomic E-state index is 5.89. The smallest absolute Gasteiger partial charge is 0.0501 e. The second-order valence-electron chi connectivity index (χ2n) is 8.97. The molecule has 3 aromatic rings. The summed E-state index contributed by atoms with van der Waals surface area (Å²) < 4.78 is 0. The first-order chi connectivity index (χ1) is 13.5. The highest BCUT2D eigenvalue weighted by Crippen LogP contribution is 2.40. The van der Waals surface area contributed by atoms with Gasteiger partial charge in [0, 0.05) is 27.9 Å². The number of nitrogens with zero attached hydrogens (tertiary/aromatic N) is 1. The fourth-order valence-corrected chi connectivity index (χ4v) is 5.02. The Balaban J connectivity index is 1.78. The van der Waals surface area contributed by atoms with E-state index in [0.717, 1.165) is 23.9 Å². The van der Waals surface area contributed by atoms with E-state index in [1.165, 1.54) is 59.0 Å². The summed E-state index contributed by atoms with van der Waals surface area (Å²) in [6, 6.07) is 11.5. The standard InChI is InChI=1S/C25H33N3/c1-15(2)24-22-13-20(19-7-5-18(14-26)6-8-19)9-10-23(22)28-25(24)21-11-16(3)27-17(4)12-21/h9-13,15,18-19,28H,5-8,14,26H2,1-4H3. The molecule has 148 valence electrons. The van der Waals surface area contributed by atoms with Crippen molar-refractivity contribution in [3.8, 4) is 11.3 Å². The Morgan fingerprint density at radius 2 is 1.71 bits per heavy atom. The van der Waals surface area contributed by atoms with Crippen LogP contribution in [0.2, 0.25) is 0 Å². The van der Waals surface area contributed by atoms with Crippen LogP contribution >= 0.6 is 0 Å². The Hall–Kier alpha value is -2.13. The summed E-state index contributed by atoms with van der Waals surface area (Å²) in [4.78, 5) is 8.27. The van der Waals surface area contributed by atoms with Gasteiger partial charge in [0.05, 0.1) is 5.69 Å². The Morgan fingerprint density at radius 1 is 1.04 bits per heavy atom. The number of H-pyrrole nitrogens is 1. The van der Waals surface area contributed by atoms with Crippen LogP contribution < -0.4 is 5.73 Å². The van der Waals surface area contributed by atoms with E-state index in [0.29, 0.717) is 11.8 Å². The molecule has 1 saturated carbocycles. The first-order valence-electron chi connectivity index (χ1n) is 10.8. The molecule has 3 N–H and O–H groups in total. The van der Waals surface area contributed by atoms with Crippen LogP contribution in [-0.2, 0) is 0 Å². The molecule has 28 heavy (non-hydrogen) atoms. The first kappa shape index (κ1) is 19.2. The van der Waals surface area contributed by atoms with E-state index in [1.54, 1.807) is 0 Å². The quantitative estimate of drug-likeness (QED) is 0.570. The summed E-state index contributed by atoms with van der Waals surface area (Å²) in [5, 5.41) is 1.38. The van der Waals surface area contributed by atoms with Crippen molar-refractivity contribution < 1.29 is 0 Å². The minimum absolute atomic E-state index is 0.459. The lowest BCUT2D eigenvalue weighted by Gasteiger charge is -2.28. The molecule has 0 spiro atoms. The molecule has 1 aromatic carbocycles. The molecule has 0 amide bonds. The summed E-state index contributed by atoms with van der Waals surface area (Å²) in [5.41, 5.74) is 14.7. The Bertz CT molecular complexity index is 955. The molecule has 1 aliphatic rings. The van der Waals surface area contributed by atoms with Crippen LogP contribution in [0.1, 0.15) is 73.9 Å². The zero-order valence-electron chi connectivity index (χ0n) is 17.7. The maximum atomic E-state index is 5.89. The van der Waals surface area contributed by atoms with E-state index in [-0.39, 0.29) is 0 Å². The van der Waals surface area contributed by atoms with Crippen LogP contribution in [-0.4, -0.2) is 16.5 Å². The second kappa shape index (κ2) is 7.71. The SMILES string of the molecule is Cc1cc(-c2[nH]c3ccc(C4CCC(CN)CC4)cc3c2C(C)C)cc(C)n1. The van der Waals surface area contributed by atoms with Crippen molar-refractivity contribution in [1.29, 1.82) is 0 Å². The lowest BCUT2D eigenvalue weighted by Crippen LogP contribution is -2.20. The fourth-order valence-electron chi connectivity index (χ4n) is 5.02. The van der Waals surface area contributed by atoms with Crippen molar-refractivity contribution >= 4 is 10.9 Å². The molecule has 3 heteroatoms. The molecule has 0 radical (unpaired) electrons. The van der Waals surface area contributed by atoms with Gasteiger partial charge in [-0.3, -0.25) is 4.98 Å². The molecule has 0 bridgehead atoms. The number of hydrogen-bond donors (Lipinski definition) is 2. The lowest BCUT2D eigenvalue weighted by atomic mass is 9.78. The molecule has 0 aliphatic heterocycles. The number of aromatic nitrogens is 2. The van der Waals surface area contributed by atoms with E-state index >= 15 is 0 Å². The zero-order valence-corrected chi connectivity index (χ0v) is 17.7. The van der Waals surface area contributed by atoms with Crippen molar-refractivity contribution in [3.05, 3.63) is 52.8 Å². The minimum atomic E-state index is 0.459. The van der Waals surface area contributed by atoms with Crippen LogP contribution in [0.4, 0.5) is 0 Å². The molecular formula is C25H33N3. The predicted molar refractivity (Wildman–Crippen MR) is 119 cm³/mol. The molecule has 2 aromatic heterocycles. The van der Waals surface area contributed by atoms with E-state index in [9.17, 15) is 0 Å². The number of rotatable bonds is 4. The van der Waals surface area contributed by atoms with Crippen LogP contribution in [0, 0.1) is 19.8 Å². The van der Waals surface area contributed by atoms with Gasteiger partial charge in [0.1, 0.15) is 0 Å². The number of aryl methyl sites for hydroxylation is 2. The summed E-state index contributed by atoms with van der Waals surface area (Å²) in [6.45, 7) is 9.58. The van der Waals surface area contributed by atoms with Gasteiger partial charge in [0.25, 0.3) is 0 Å². The fraction of sp³-hybridized carbons (Fsp3) is 0.480. The number of benzene rings is 1. The van der Waals surface area contributed by atoms with Crippen LogP contribution in [0.15, 0.2) is 30.3 Å². The molecule has 0 saturated heterocycles. The van der Waals surface area contributed by atoms with Gasteiger partial charge in [0.2, 0.25) is 0 Å². The maximum Gasteiger partial charge on any atom is 0.0501 e. The van der Waals surface area contributed by atoms with Crippen LogP contribution in [0.5, 0.6) is 0 Å². The molecular weight excluding hydrogens is 342 g/mol. The zero-order chi connectivity index (χ0) is 19.8. The van der Waals surface area contributed by atoms with Gasteiger partial charge < -0.3 is 10.7 Å². The first-order valence-corrected chi connectivity index (χ1v) is 10.8. The Labute approximate surface area is 168 Å². The number of pyridine rings is 1. The Kier molecular flexibility index (Phi) is 5.29. The van der Waals surface area contributed by atoms with Gasteiger partial charge in [-0.05, 0) is 99.2 Å². The van der Waals surface area contributed by atoms with Gasteiger partial charge in [-0.2, -0.15) is 0 Å². The molecule has 1 aliphatic carbocycles. The third-order valence-electron chi connectivity index (χ3n) is 6.46. The number of nitrogens with one attached hydrogen (secondary N) is 1. The van der Waals surface area contributed by atoms with E-state index < -0.39 is 0 Å². The summed E-state index contributed by atoms with van der Waals surface area (Å²) in [6.07, 6.45) is 5.07. The third-order valence-corrected chi connectivity index (χ3v) is 6.46. The molecule has 2 heterocycles. The largest absolute Gasteiger partial charge is 0.354 e. The highest BCUT2D eigenvalue weighted by molar-refractivity contribution is 5.92.